The maximum atomic E-state index is 16.1. The Morgan fingerprint density at radius 2 is 1.70 bits per heavy atom. The Morgan fingerprint density at radius 3 is 2.26 bits per heavy atom. The Labute approximate surface area is 265 Å². The molecule has 10 nitrogen and oxygen atoms in total. The molecule has 0 unspecified atom stereocenters. The number of fused-ring (bicyclic) bond motifs is 1. The van der Waals surface area contributed by atoms with Crippen molar-refractivity contribution in [2.24, 2.45) is 0 Å². The number of hydrogen-bond donors (Lipinski definition) is 1. The Balaban J connectivity index is 1.68. The molecule has 1 atom stereocenters. The second-order valence-corrected chi connectivity index (χ2v) is 12.7. The van der Waals surface area contributed by atoms with Crippen LogP contribution in [0, 0.1) is 11.6 Å². The van der Waals surface area contributed by atoms with Gasteiger partial charge in [0.05, 0.1) is 28.0 Å². The zero-order chi connectivity index (χ0) is 33.0. The zero-order valence-electron chi connectivity index (χ0n) is 26.6. The molecule has 0 bridgehead atoms. The molecule has 4 heterocycles. The van der Waals surface area contributed by atoms with Crippen LogP contribution in [0.1, 0.15) is 82.4 Å². The van der Waals surface area contributed by atoms with Crippen LogP contribution in [0.2, 0.25) is 0 Å². The third-order valence-corrected chi connectivity index (χ3v) is 8.63. The second-order valence-electron chi connectivity index (χ2n) is 12.7. The van der Waals surface area contributed by atoms with E-state index in [4.69, 9.17) is 9.97 Å². The molecule has 1 aliphatic carbocycles. The lowest BCUT2D eigenvalue weighted by Crippen LogP contribution is -2.54. The van der Waals surface area contributed by atoms with E-state index in [1.165, 1.54) is 28.8 Å². The van der Waals surface area contributed by atoms with Gasteiger partial charge in [0.25, 0.3) is 0 Å². The number of phenols is 1. The number of rotatable bonds is 7. The van der Waals surface area contributed by atoms with Gasteiger partial charge in [0.2, 0.25) is 5.91 Å². The van der Waals surface area contributed by atoms with E-state index < -0.39 is 34.3 Å². The molecule has 0 radical (unpaired) electrons. The van der Waals surface area contributed by atoms with Gasteiger partial charge in [0, 0.05) is 31.6 Å². The first-order valence-corrected chi connectivity index (χ1v) is 15.6. The summed E-state index contributed by atoms with van der Waals surface area (Å²) >= 11 is 0. The van der Waals surface area contributed by atoms with Gasteiger partial charge >= 0.3 is 5.69 Å². The quantitative estimate of drug-likeness (QED) is 0.264. The maximum absolute atomic E-state index is 16.1. The molecule has 1 aliphatic heterocycles. The minimum atomic E-state index is -0.900. The number of carbonyl (C=O) groups excluding carboxylic acids is 1. The predicted octanol–water partition coefficient (Wildman–Crippen LogP) is 5.57. The normalized spacial score (nSPS) is 16.9. The summed E-state index contributed by atoms with van der Waals surface area (Å²) in [4.78, 5) is 49.1. The molecule has 1 aromatic carbocycles. The molecule has 4 aromatic rings. The lowest BCUT2D eigenvalue weighted by atomic mass is 10.0. The van der Waals surface area contributed by atoms with Crippen LogP contribution in [-0.2, 0) is 4.79 Å². The van der Waals surface area contributed by atoms with Crippen LogP contribution in [0.5, 0.6) is 5.75 Å². The van der Waals surface area contributed by atoms with Crippen molar-refractivity contribution in [2.75, 3.05) is 24.5 Å². The minimum Gasteiger partial charge on any atom is -0.507 e. The largest absolute Gasteiger partial charge is 0.507 e. The van der Waals surface area contributed by atoms with Gasteiger partial charge in [-0.2, -0.15) is 4.98 Å². The summed E-state index contributed by atoms with van der Waals surface area (Å²) in [6, 6.07) is 4.56. The molecule has 1 saturated heterocycles. The van der Waals surface area contributed by atoms with Gasteiger partial charge in [-0.1, -0.05) is 40.3 Å². The fraction of sp³-hybridized carbons (Fsp3) is 0.412. The number of pyridine rings is 1. The number of amides is 1. The molecular formula is C34H37F2N7O3. The predicted molar refractivity (Wildman–Crippen MR) is 171 cm³/mol. The van der Waals surface area contributed by atoms with E-state index in [0.717, 1.165) is 24.7 Å². The van der Waals surface area contributed by atoms with Crippen LogP contribution < -0.4 is 10.6 Å². The highest BCUT2D eigenvalue weighted by Gasteiger charge is 2.34. The van der Waals surface area contributed by atoms with Crippen molar-refractivity contribution in [3.8, 4) is 22.7 Å². The molecule has 46 heavy (non-hydrogen) atoms. The molecular weight excluding hydrogens is 592 g/mol. The summed E-state index contributed by atoms with van der Waals surface area (Å²) < 4.78 is 32.5. The molecule has 1 N–H and O–H groups in total. The number of halogens is 2. The Bertz CT molecular complexity index is 1890. The highest BCUT2D eigenvalue weighted by molar-refractivity contribution is 5.91. The number of hydrogen-bond acceptors (Lipinski definition) is 8. The minimum absolute atomic E-state index is 0.0254. The average Bonchev–Trinajstić information content (AvgIpc) is 3.86. The molecule has 240 valence electrons. The van der Waals surface area contributed by atoms with Crippen molar-refractivity contribution in [1.29, 1.82) is 0 Å². The van der Waals surface area contributed by atoms with Gasteiger partial charge in [-0.3, -0.25) is 4.79 Å². The number of phenolic OH excluding ortho intramolecular Hbond substituents is 1. The summed E-state index contributed by atoms with van der Waals surface area (Å²) in [5.41, 5.74) is 0.148. The Kier molecular flexibility index (Phi) is 8.07. The number of aromatic hydroxyl groups is 1. The summed E-state index contributed by atoms with van der Waals surface area (Å²) in [7, 11) is 0. The van der Waals surface area contributed by atoms with Gasteiger partial charge < -0.3 is 14.9 Å². The van der Waals surface area contributed by atoms with Crippen molar-refractivity contribution < 1.29 is 18.7 Å². The van der Waals surface area contributed by atoms with E-state index in [1.807, 2.05) is 39.5 Å². The highest BCUT2D eigenvalue weighted by atomic mass is 19.1. The van der Waals surface area contributed by atoms with Gasteiger partial charge in [-0.25, -0.2) is 33.1 Å². The number of aromatic nitrogens is 5. The maximum Gasteiger partial charge on any atom is 0.355 e. The topological polar surface area (TPSA) is 117 Å². The van der Waals surface area contributed by atoms with Crippen LogP contribution >= 0.6 is 0 Å². The Morgan fingerprint density at radius 1 is 1.02 bits per heavy atom. The SMILES string of the molecule is C=CC(=O)N1CCN(c2nc(=O)n(-c3c(C(C)C)nc(C4CC4)nc3C(C)C)c3nc(-c4c(O)cccc4F)c(F)cc23)[C@@H](C)C1. The second kappa shape index (κ2) is 11.9. The standard InChI is InChI=1S/C34H37F2N7O3/c1-7-25(45)41-13-14-42(19(6)16-41)32-21-15-23(36)29(26-22(35)9-8-10-24(26)44)39-33(21)43(34(46)40-32)30-27(17(2)3)37-31(20-11-12-20)38-28(30)18(4)5/h7-10,15,17-20,44H,1,11-14,16H2,2-6H3/t19-/m0/s1. The fourth-order valence-electron chi connectivity index (χ4n) is 6.12. The van der Waals surface area contributed by atoms with Crippen molar-refractivity contribution in [3.05, 3.63) is 76.3 Å². The van der Waals surface area contributed by atoms with Crippen LogP contribution in [0.25, 0.3) is 28.0 Å². The smallest absolute Gasteiger partial charge is 0.355 e. The summed E-state index contributed by atoms with van der Waals surface area (Å²) in [6.45, 7) is 14.3. The lowest BCUT2D eigenvalue weighted by molar-refractivity contribution is -0.126. The molecule has 12 heteroatoms. The van der Waals surface area contributed by atoms with E-state index in [1.54, 1.807) is 4.90 Å². The number of benzene rings is 1. The fourth-order valence-corrected chi connectivity index (χ4v) is 6.12. The van der Waals surface area contributed by atoms with Crippen LogP contribution in [-0.4, -0.2) is 66.1 Å². The van der Waals surface area contributed by atoms with Gasteiger partial charge in [0.15, 0.2) is 11.5 Å². The number of nitrogens with zero attached hydrogens (tertiary/aromatic N) is 7. The first-order chi connectivity index (χ1) is 21.9. The van der Waals surface area contributed by atoms with Crippen molar-refractivity contribution >= 4 is 22.8 Å². The van der Waals surface area contributed by atoms with Gasteiger partial charge in [-0.05, 0) is 55.9 Å². The number of anilines is 1. The van der Waals surface area contributed by atoms with Crippen molar-refractivity contribution in [3.63, 3.8) is 0 Å². The summed E-state index contributed by atoms with van der Waals surface area (Å²) in [5.74, 6) is -1.54. The molecule has 3 aromatic heterocycles. The molecule has 1 saturated carbocycles. The van der Waals surface area contributed by atoms with E-state index in [-0.39, 0.29) is 46.6 Å². The van der Waals surface area contributed by atoms with Crippen LogP contribution in [0.4, 0.5) is 14.6 Å². The third-order valence-electron chi connectivity index (χ3n) is 8.63. The van der Waals surface area contributed by atoms with Crippen molar-refractivity contribution in [2.45, 2.75) is 71.3 Å². The molecule has 2 fully saturated rings. The number of piperazine rings is 1. The Hall–Kier alpha value is -4.74. The van der Waals surface area contributed by atoms with Gasteiger partial charge in [-0.15, -0.1) is 0 Å². The summed E-state index contributed by atoms with van der Waals surface area (Å²) in [6.07, 6.45) is 3.24. The first-order valence-electron chi connectivity index (χ1n) is 15.6. The first kappa shape index (κ1) is 31.3. The monoisotopic (exact) mass is 629 g/mol. The lowest BCUT2D eigenvalue weighted by Gasteiger charge is -2.40. The molecule has 1 amide bonds. The van der Waals surface area contributed by atoms with Gasteiger partial charge in [0.1, 0.15) is 28.9 Å². The van der Waals surface area contributed by atoms with E-state index in [0.29, 0.717) is 36.7 Å². The molecule has 6 rings (SSSR count). The highest BCUT2D eigenvalue weighted by Crippen LogP contribution is 2.41. The molecule has 2 aliphatic rings. The van der Waals surface area contributed by atoms with Crippen LogP contribution in [0.3, 0.4) is 0 Å². The molecule has 0 spiro atoms. The van der Waals surface area contributed by atoms with E-state index in [9.17, 15) is 14.7 Å². The van der Waals surface area contributed by atoms with E-state index >= 15 is 8.78 Å². The van der Waals surface area contributed by atoms with E-state index in [2.05, 4.69) is 16.5 Å². The number of carbonyl (C=O) groups is 1. The zero-order valence-corrected chi connectivity index (χ0v) is 26.6. The summed E-state index contributed by atoms with van der Waals surface area (Å²) in [5, 5.41) is 10.8. The average molecular weight is 630 g/mol. The van der Waals surface area contributed by atoms with Crippen molar-refractivity contribution in [1.82, 2.24) is 29.4 Å². The van der Waals surface area contributed by atoms with Crippen LogP contribution in [0.15, 0.2) is 41.7 Å². The third kappa shape index (κ3) is 5.39.